The largest absolute Gasteiger partial charge is 0.206 e. The van der Waals surface area contributed by atoms with Crippen molar-refractivity contribution < 1.29 is 13.2 Å². The molecule has 2 aromatic rings. The van der Waals surface area contributed by atoms with Crippen molar-refractivity contribution in [1.29, 1.82) is 5.26 Å². The minimum atomic E-state index is -0.864. The molecule has 26 heavy (non-hydrogen) atoms. The number of nitrogens with zero attached hydrogens (tertiary/aromatic N) is 1. The van der Waals surface area contributed by atoms with E-state index in [9.17, 15) is 13.2 Å². The average molecular weight is 355 g/mol. The van der Waals surface area contributed by atoms with Crippen molar-refractivity contribution in [3.8, 4) is 6.07 Å². The van der Waals surface area contributed by atoms with Gasteiger partial charge >= 0.3 is 0 Å². The van der Waals surface area contributed by atoms with Crippen LogP contribution in [-0.2, 0) is 19.3 Å². The van der Waals surface area contributed by atoms with Crippen LogP contribution in [-0.4, -0.2) is 0 Å². The Morgan fingerprint density at radius 3 is 2.58 bits per heavy atom. The molecule has 0 atom stereocenters. The maximum absolute atomic E-state index is 14.6. The normalized spacial score (nSPS) is 13.1. The molecule has 4 heteroatoms. The summed E-state index contributed by atoms with van der Waals surface area (Å²) in [4.78, 5) is 0. The number of allylic oxidation sites excluding steroid dienone is 2. The predicted molar refractivity (Wildman–Crippen MR) is 96.1 cm³/mol. The Morgan fingerprint density at radius 1 is 1.08 bits per heavy atom. The average Bonchev–Trinajstić information content (AvgIpc) is 2.62. The van der Waals surface area contributed by atoms with Gasteiger partial charge in [0.15, 0.2) is 0 Å². The van der Waals surface area contributed by atoms with E-state index in [1.807, 2.05) is 6.07 Å². The van der Waals surface area contributed by atoms with Gasteiger partial charge in [0.25, 0.3) is 0 Å². The molecular formula is C22H20F3N. The van der Waals surface area contributed by atoms with E-state index in [-0.39, 0.29) is 18.7 Å². The number of rotatable bonds is 5. The van der Waals surface area contributed by atoms with Crippen LogP contribution in [0.1, 0.15) is 54.0 Å². The number of nitriles is 1. The Morgan fingerprint density at radius 2 is 1.88 bits per heavy atom. The lowest BCUT2D eigenvalue weighted by molar-refractivity contribution is 0.564. The van der Waals surface area contributed by atoms with Crippen molar-refractivity contribution in [1.82, 2.24) is 0 Å². The van der Waals surface area contributed by atoms with E-state index < -0.39 is 17.2 Å². The molecule has 0 aromatic heterocycles. The van der Waals surface area contributed by atoms with Crippen molar-refractivity contribution in [2.24, 2.45) is 0 Å². The summed E-state index contributed by atoms with van der Waals surface area (Å²) in [6, 6.07) is 7.99. The van der Waals surface area contributed by atoms with Crippen LogP contribution >= 0.6 is 0 Å². The third kappa shape index (κ3) is 3.53. The van der Waals surface area contributed by atoms with Crippen molar-refractivity contribution in [3.05, 3.63) is 75.6 Å². The van der Waals surface area contributed by atoms with Crippen LogP contribution in [0.2, 0.25) is 0 Å². The second-order valence-corrected chi connectivity index (χ2v) is 6.68. The van der Waals surface area contributed by atoms with E-state index in [0.717, 1.165) is 36.8 Å². The monoisotopic (exact) mass is 355 g/mol. The number of aryl methyl sites for hydroxylation is 1. The van der Waals surface area contributed by atoms with Crippen LogP contribution in [0.25, 0.3) is 5.57 Å². The highest BCUT2D eigenvalue weighted by molar-refractivity contribution is 5.71. The first-order valence-electron chi connectivity index (χ1n) is 8.92. The predicted octanol–water partition coefficient (Wildman–Crippen LogP) is 5.89. The molecule has 0 fully saturated rings. The maximum atomic E-state index is 14.6. The smallest absolute Gasteiger partial charge is 0.147 e. The Hall–Kier alpha value is -2.54. The van der Waals surface area contributed by atoms with Gasteiger partial charge in [-0.3, -0.25) is 0 Å². The first kappa shape index (κ1) is 18.3. The zero-order valence-electron chi connectivity index (χ0n) is 14.7. The van der Waals surface area contributed by atoms with E-state index in [1.165, 1.54) is 6.07 Å². The minimum absolute atomic E-state index is 0.225. The quantitative estimate of drug-likeness (QED) is 0.614. The van der Waals surface area contributed by atoms with Gasteiger partial charge < -0.3 is 0 Å². The van der Waals surface area contributed by atoms with Crippen molar-refractivity contribution in [2.45, 2.75) is 45.4 Å². The number of unbranched alkanes of at least 4 members (excludes halogenated alkanes) is 2. The van der Waals surface area contributed by atoms with E-state index in [4.69, 9.17) is 5.26 Å². The fourth-order valence-electron chi connectivity index (χ4n) is 3.45. The van der Waals surface area contributed by atoms with Crippen molar-refractivity contribution in [3.63, 3.8) is 0 Å². The molecule has 1 aliphatic rings. The molecule has 0 radical (unpaired) electrons. The molecule has 2 aromatic carbocycles. The lowest BCUT2D eigenvalue weighted by atomic mass is 9.86. The Balaban J connectivity index is 1.86. The van der Waals surface area contributed by atoms with Gasteiger partial charge in [-0.1, -0.05) is 38.0 Å². The molecule has 0 saturated carbocycles. The van der Waals surface area contributed by atoms with Crippen molar-refractivity contribution >= 4 is 5.57 Å². The van der Waals surface area contributed by atoms with Crippen LogP contribution in [0.3, 0.4) is 0 Å². The number of halogens is 3. The number of benzene rings is 2. The van der Waals surface area contributed by atoms with Gasteiger partial charge in [0.05, 0.1) is 0 Å². The molecule has 0 amide bonds. The summed E-state index contributed by atoms with van der Waals surface area (Å²) in [5.41, 5.74) is 2.40. The molecule has 0 saturated heterocycles. The molecule has 0 unspecified atom stereocenters. The summed E-state index contributed by atoms with van der Waals surface area (Å²) in [6.45, 7) is 2.13. The summed E-state index contributed by atoms with van der Waals surface area (Å²) in [5, 5.41) is 8.88. The zero-order chi connectivity index (χ0) is 18.7. The fraction of sp³-hybridized carbons (Fsp3) is 0.318. The van der Waals surface area contributed by atoms with E-state index in [2.05, 4.69) is 6.92 Å². The molecule has 0 spiro atoms. The van der Waals surface area contributed by atoms with Crippen LogP contribution in [0.15, 0.2) is 30.3 Å². The maximum Gasteiger partial charge on any atom is 0.147 e. The van der Waals surface area contributed by atoms with Crippen LogP contribution < -0.4 is 0 Å². The van der Waals surface area contributed by atoms with Crippen molar-refractivity contribution in [2.75, 3.05) is 0 Å². The molecule has 0 bridgehead atoms. The van der Waals surface area contributed by atoms with Crippen LogP contribution in [0.5, 0.6) is 0 Å². The summed E-state index contributed by atoms with van der Waals surface area (Å²) in [5.74, 6) is -1.97. The first-order chi connectivity index (χ1) is 12.5. The molecule has 0 N–H and O–H groups in total. The number of fused-ring (bicyclic) bond motifs is 1. The molecule has 0 heterocycles. The standard InChI is InChI=1S/C22H20F3N/c1-2-3-4-5-14-6-8-17(20(23)10-14)15-7-9-18-16(11-15)12-21(24)19(13-26)22(18)25/h6-8,10,12H,2-5,9,11H2,1H3. The first-order valence-corrected chi connectivity index (χ1v) is 8.92. The van der Waals surface area contributed by atoms with Gasteiger partial charge in [-0.25, -0.2) is 13.2 Å². The molecule has 1 nitrogen and oxygen atoms in total. The number of hydrogen-bond donors (Lipinski definition) is 0. The second-order valence-electron chi connectivity index (χ2n) is 6.68. The highest BCUT2D eigenvalue weighted by atomic mass is 19.1. The summed E-state index contributed by atoms with van der Waals surface area (Å²) >= 11 is 0. The fourth-order valence-corrected chi connectivity index (χ4v) is 3.45. The minimum Gasteiger partial charge on any atom is -0.206 e. The molecule has 134 valence electrons. The summed E-state index contributed by atoms with van der Waals surface area (Å²) < 4.78 is 42.7. The lowest BCUT2D eigenvalue weighted by Crippen LogP contribution is -2.09. The highest BCUT2D eigenvalue weighted by Gasteiger charge is 2.22. The summed E-state index contributed by atoms with van der Waals surface area (Å²) in [7, 11) is 0. The summed E-state index contributed by atoms with van der Waals surface area (Å²) in [6.07, 6.45) is 6.36. The van der Waals surface area contributed by atoms with Gasteiger partial charge in [0.2, 0.25) is 0 Å². The Bertz CT molecular complexity index is 907. The topological polar surface area (TPSA) is 23.8 Å². The zero-order valence-corrected chi connectivity index (χ0v) is 14.7. The highest BCUT2D eigenvalue weighted by Crippen LogP contribution is 2.32. The van der Waals surface area contributed by atoms with Crippen LogP contribution in [0, 0.1) is 28.8 Å². The van der Waals surface area contributed by atoms with Crippen LogP contribution in [0.4, 0.5) is 13.2 Å². The third-order valence-electron chi connectivity index (χ3n) is 4.91. The van der Waals surface area contributed by atoms with E-state index in [0.29, 0.717) is 16.7 Å². The Labute approximate surface area is 151 Å². The van der Waals surface area contributed by atoms with E-state index >= 15 is 0 Å². The SMILES string of the molecule is CCCCCc1ccc(C2=CCc3c(cc(F)c(C#N)c3F)C2)c(F)c1. The van der Waals surface area contributed by atoms with Gasteiger partial charge in [-0.2, -0.15) is 5.26 Å². The van der Waals surface area contributed by atoms with Gasteiger partial charge in [-0.15, -0.1) is 0 Å². The Kier molecular flexibility index (Phi) is 5.46. The van der Waals surface area contributed by atoms with E-state index in [1.54, 1.807) is 24.3 Å². The van der Waals surface area contributed by atoms with Gasteiger partial charge in [0, 0.05) is 5.56 Å². The molecule has 3 rings (SSSR count). The molecule has 0 aliphatic heterocycles. The third-order valence-corrected chi connectivity index (χ3v) is 4.91. The number of hydrogen-bond acceptors (Lipinski definition) is 1. The molecule has 1 aliphatic carbocycles. The second kappa shape index (κ2) is 7.78. The molecular weight excluding hydrogens is 335 g/mol. The van der Waals surface area contributed by atoms with Gasteiger partial charge in [-0.05, 0) is 60.1 Å². The lowest BCUT2D eigenvalue weighted by Gasteiger charge is -2.19. The van der Waals surface area contributed by atoms with Gasteiger partial charge in [0.1, 0.15) is 29.1 Å².